The van der Waals surface area contributed by atoms with Crippen LogP contribution in [0.5, 0.6) is 46.0 Å². The van der Waals surface area contributed by atoms with Crippen molar-refractivity contribution in [1.29, 1.82) is 0 Å². The summed E-state index contributed by atoms with van der Waals surface area (Å²) in [6.07, 6.45) is -19.4. The fourth-order valence-electron chi connectivity index (χ4n) is 13.3. The van der Waals surface area contributed by atoms with Gasteiger partial charge in [-0.15, -0.1) is 0 Å². The molecule has 0 saturated carbocycles. The first kappa shape index (κ1) is 87.0. The second-order valence-electron chi connectivity index (χ2n) is 28.1. The zero-order chi connectivity index (χ0) is 83.8. The lowest BCUT2D eigenvalue weighted by Crippen LogP contribution is -2.64. The summed E-state index contributed by atoms with van der Waals surface area (Å²) in [5.41, 5.74) is 3.78. The molecule has 5 aromatic carbocycles. The van der Waals surface area contributed by atoms with Crippen molar-refractivity contribution >= 4 is 91.6 Å². The Hall–Kier alpha value is -9.43. The molecule has 45 heteroatoms. The predicted octanol–water partition coefficient (Wildman–Crippen LogP) is -1.68. The average Bonchev–Trinajstić information content (AvgIpc) is 0.766. The van der Waals surface area contributed by atoms with E-state index in [2.05, 4.69) is 37.2 Å². The Morgan fingerprint density at radius 1 is 0.702 bits per heavy atom. The van der Waals surface area contributed by atoms with E-state index >= 15 is 19.2 Å². The lowest BCUT2D eigenvalue weighted by Gasteiger charge is -2.47. The third kappa shape index (κ3) is 19.4. The number of nitrogens with two attached hydrogens (primary N) is 2. The molecule has 618 valence electrons. The highest BCUT2D eigenvalue weighted by molar-refractivity contribution is 7.70. The van der Waals surface area contributed by atoms with Crippen LogP contribution in [0.4, 0.5) is 0 Å². The number of amides is 8. The minimum atomic E-state index is -5.88. The van der Waals surface area contributed by atoms with E-state index < -0.39 is 292 Å². The second-order valence-corrected chi connectivity index (χ2v) is 32.7. The van der Waals surface area contributed by atoms with Crippen molar-refractivity contribution in [3.05, 3.63) is 117 Å². The molecule has 7 heterocycles. The largest absolute Gasteiger partial charge is 0.508 e. The molecule has 0 aromatic heterocycles. The minimum Gasteiger partial charge on any atom is -0.508 e. The molecule has 11 bridgehead atoms. The number of ether oxygens (including phenoxy) is 7. The van der Waals surface area contributed by atoms with E-state index in [1.54, 1.807) is 13.8 Å². The van der Waals surface area contributed by atoms with Crippen LogP contribution in [0.3, 0.4) is 0 Å². The van der Waals surface area contributed by atoms with Gasteiger partial charge in [-0.05, 0) is 110 Å². The summed E-state index contributed by atoms with van der Waals surface area (Å²) >= 11 is 14.2. The van der Waals surface area contributed by atoms with Gasteiger partial charge in [0.15, 0.2) is 36.5 Å². The van der Waals surface area contributed by atoms with E-state index in [9.17, 15) is 98.6 Å². The molecule has 0 aliphatic carbocycles. The molecule has 7 aliphatic rings. The number of carbonyl (C=O) groups is 9. The van der Waals surface area contributed by atoms with Gasteiger partial charge in [0.1, 0.15) is 89.5 Å². The van der Waals surface area contributed by atoms with Crippen LogP contribution in [0.25, 0.3) is 11.1 Å². The Labute approximate surface area is 655 Å². The van der Waals surface area contributed by atoms with Crippen LogP contribution in [0, 0.1) is 5.92 Å². The summed E-state index contributed by atoms with van der Waals surface area (Å²) in [7, 11) is -10.3. The number of rotatable bonds is 18. The standard InChI is InChI=1S/C69H82Cl2N10O31P2/c1-24(2)12-35(74-5)60(93)80-51-53(88)27-7-10-39(33(70)14-27)108-41-16-29-17-42(57(41)112-67-58(56(91)55(90)43(22-82)110-67)111-46-21-69(4,73)59(92)25(3)107-46)109-40-11-8-28(15-34(40)71)54(89)52-65(98)79-50(66(99)106-23-45(87)76-68(113(100,101)102)114(103,104)105)32-18-30(83)19-38(85)47(32)31-13-26(6-9-37(31)84)48(62(95)81-52)78-63(96)49(29)77-61(94)36(20-44(72)86)75-64(51)97/h6-11,13-19,24-25,35-36,43,46,48-56,58-59,67-68,74,82-85,88-92H,12,20-23,73H2,1-5H3,(H2,72,86)(H,75,97)(H,76,87)(H,77,94)(H,78,96)(H,79,98)(H,80,93)(H,81,95)(H2,100,101,102)(H2,103,104,105)/t25-,35+,36-,43+,46-,48+,49+,50-,51+,52-,53+,54+,55+,56-,58+,59-,67-,69-/m0/s1. The first-order chi connectivity index (χ1) is 53.4. The maximum atomic E-state index is 16.2. The highest BCUT2D eigenvalue weighted by Crippen LogP contribution is 2.58. The molecule has 0 radical (unpaired) electrons. The van der Waals surface area contributed by atoms with E-state index in [0.717, 1.165) is 60.7 Å². The zero-order valence-electron chi connectivity index (χ0n) is 60.5. The Morgan fingerprint density at radius 3 is 1.86 bits per heavy atom. The number of aromatic hydroxyl groups is 3. The van der Waals surface area contributed by atoms with Crippen molar-refractivity contribution in [3.8, 4) is 57.1 Å². The van der Waals surface area contributed by atoms with E-state index in [1.165, 1.54) is 32.3 Å². The topological polar surface area (TPSA) is 664 Å². The normalized spacial score (nSPS) is 27.7. The van der Waals surface area contributed by atoms with Gasteiger partial charge in [0.2, 0.25) is 58.9 Å². The highest BCUT2D eigenvalue weighted by Gasteiger charge is 2.52. The van der Waals surface area contributed by atoms with Gasteiger partial charge in [-0.25, -0.2) is 4.79 Å². The van der Waals surface area contributed by atoms with Crippen LogP contribution in [-0.2, 0) is 71.2 Å². The maximum absolute atomic E-state index is 16.2. The van der Waals surface area contributed by atoms with Crippen LogP contribution < -0.4 is 68.2 Å². The molecule has 7 aliphatic heterocycles. The molecule has 25 N–H and O–H groups in total. The third-order valence-electron chi connectivity index (χ3n) is 19.0. The maximum Gasteiger partial charge on any atom is 0.360 e. The van der Waals surface area contributed by atoms with Gasteiger partial charge in [0.25, 0.3) is 5.91 Å². The minimum absolute atomic E-state index is 0.138. The van der Waals surface area contributed by atoms with Gasteiger partial charge in [0, 0.05) is 34.7 Å². The van der Waals surface area contributed by atoms with E-state index in [0.29, 0.717) is 12.1 Å². The van der Waals surface area contributed by atoms with Crippen LogP contribution in [0.1, 0.15) is 105 Å². The number of esters is 1. The number of likely N-dealkylation sites (N-methyl/N-ethyl adjacent to an activating group) is 1. The number of hydrogen-bond acceptors (Lipinski definition) is 29. The lowest BCUT2D eigenvalue weighted by atomic mass is 9.86. The summed E-state index contributed by atoms with van der Waals surface area (Å²) in [5.74, 6) is -19.4. The molecule has 41 nitrogen and oxygen atoms in total. The molecule has 18 atom stereocenters. The van der Waals surface area contributed by atoms with Crippen molar-refractivity contribution in [1.82, 2.24) is 42.5 Å². The SMILES string of the molecule is CN[C@H](CC(C)C)C(=O)N[C@H]1C(=O)N[C@@H](CC(N)=O)C(=O)N[C@H]2C(=O)N[C@H]3C(=O)N[C@H](C(=O)N[C@H](C(=O)OCC(=O)NC(P(=O)(O)O)P(=O)(O)O)c4cc(O)cc(O)c4-c4cc3ccc4O)[C@H](O)c3ccc(c(Cl)c3)Oc3cc2cc(c3O[C@@H]2O[C@H](CO)[C@@H](O)[C@H](O)[C@H]2O[C@H]2C[C@](C)(N)[C@@H](O)[C@H](C)O2)Oc2ccc(cc2Cl)[C@H]1O. The van der Waals surface area contributed by atoms with Crippen LogP contribution >= 0.6 is 38.4 Å². The number of primary amides is 1. The van der Waals surface area contributed by atoms with Crippen LogP contribution in [-0.4, -0.2) is 223 Å². The van der Waals surface area contributed by atoms with Crippen LogP contribution in [0.15, 0.2) is 78.9 Å². The summed E-state index contributed by atoms with van der Waals surface area (Å²) < 4.78 is 67.6. The van der Waals surface area contributed by atoms with Crippen molar-refractivity contribution < 1.29 is 151 Å². The van der Waals surface area contributed by atoms with Crippen molar-refractivity contribution in [2.24, 2.45) is 17.4 Å². The summed E-state index contributed by atoms with van der Waals surface area (Å²) in [6.45, 7) is 3.82. The van der Waals surface area contributed by atoms with Gasteiger partial charge >= 0.3 is 21.2 Å². The second kappa shape index (κ2) is 34.9. The number of fused-ring (bicyclic) bond motifs is 15. The average molecular weight is 1680 g/mol. The number of hydrogen-bond donors (Lipinski definition) is 23. The highest BCUT2D eigenvalue weighted by atomic mass is 35.5. The predicted molar refractivity (Wildman–Crippen MR) is 389 cm³/mol. The Kier molecular flexibility index (Phi) is 26.7. The monoisotopic (exact) mass is 1680 g/mol. The van der Waals surface area contributed by atoms with Gasteiger partial charge < -0.3 is 153 Å². The fraction of sp³-hybridized carbons (Fsp3) is 0.435. The molecule has 8 amide bonds. The Morgan fingerprint density at radius 2 is 1.29 bits per heavy atom. The van der Waals surface area contributed by atoms with Crippen molar-refractivity contribution in [2.45, 2.75) is 162 Å². The molecular formula is C69H82Cl2N10O31P2. The van der Waals surface area contributed by atoms with E-state index in [1.807, 2.05) is 0 Å². The molecule has 114 heavy (non-hydrogen) atoms. The number of carbonyl (C=O) groups excluding carboxylic acids is 9. The molecule has 0 spiro atoms. The number of aliphatic hydroxyl groups is 6. The van der Waals surface area contributed by atoms with Gasteiger partial charge in [-0.1, -0.05) is 55.2 Å². The smallest absolute Gasteiger partial charge is 0.360 e. The summed E-state index contributed by atoms with van der Waals surface area (Å²) in [6, 6.07) is -2.76. The number of benzene rings is 5. The zero-order valence-corrected chi connectivity index (χ0v) is 63.8. The molecular weight excluding hydrogens is 1600 g/mol. The summed E-state index contributed by atoms with van der Waals surface area (Å²) in [4.78, 5) is 171. The van der Waals surface area contributed by atoms with Gasteiger partial charge in [-0.3, -0.25) is 47.5 Å². The third-order valence-corrected chi connectivity index (χ3v) is 23.0. The molecule has 0 unspecified atom stereocenters. The van der Waals surface area contributed by atoms with Gasteiger partial charge in [0.05, 0.1) is 41.3 Å². The fourth-order valence-corrected chi connectivity index (χ4v) is 15.9. The quantitative estimate of drug-likeness (QED) is 0.0344. The van der Waals surface area contributed by atoms with Crippen molar-refractivity contribution in [2.75, 3.05) is 20.3 Å². The molecule has 2 fully saturated rings. The number of phenols is 3. The number of nitrogens with one attached hydrogen (secondary N) is 8. The Balaban J connectivity index is 1.21. The van der Waals surface area contributed by atoms with Crippen molar-refractivity contribution in [3.63, 3.8) is 0 Å². The molecule has 5 aromatic rings. The first-order valence-electron chi connectivity index (χ1n) is 34.7. The van der Waals surface area contributed by atoms with Gasteiger partial charge in [-0.2, -0.15) is 0 Å². The number of halogens is 2. The number of aliphatic hydroxyl groups excluding tert-OH is 6. The summed E-state index contributed by atoms with van der Waals surface area (Å²) in [5, 5.41) is 122. The van der Waals surface area contributed by atoms with E-state index in [4.69, 9.17) is 67.8 Å². The first-order valence-corrected chi connectivity index (χ1v) is 38.8. The Bertz CT molecular complexity index is 4670. The van der Waals surface area contributed by atoms with Crippen LogP contribution in [0.2, 0.25) is 10.0 Å². The van der Waals surface area contributed by atoms with E-state index in [-0.39, 0.29) is 24.3 Å². The molecule has 12 rings (SSSR count). The number of phenolic OH excluding ortho intramolecular Hbond substituents is 3. The lowest BCUT2D eigenvalue weighted by molar-refractivity contribution is -0.333. The molecule has 2 saturated heterocycles.